The van der Waals surface area contributed by atoms with Crippen molar-refractivity contribution in [2.24, 2.45) is 0 Å². The molecule has 0 aliphatic carbocycles. The molecule has 0 saturated carbocycles. The summed E-state index contributed by atoms with van der Waals surface area (Å²) in [6.45, 7) is 4.13. The second-order valence-corrected chi connectivity index (χ2v) is 6.32. The van der Waals surface area contributed by atoms with Gasteiger partial charge < -0.3 is 14.8 Å². The maximum absolute atomic E-state index is 12.5. The van der Waals surface area contributed by atoms with Crippen LogP contribution >= 0.6 is 0 Å². The topological polar surface area (TPSA) is 67.2 Å². The Hall–Kier alpha value is -2.89. The van der Waals surface area contributed by atoms with Gasteiger partial charge in [0.25, 0.3) is 0 Å². The number of carbonyl (C=O) groups is 2. The first-order chi connectivity index (χ1) is 12.0. The molecule has 6 heteroatoms. The summed E-state index contributed by atoms with van der Waals surface area (Å²) in [5, 5.41) is 3.01. The van der Waals surface area contributed by atoms with E-state index < -0.39 is 0 Å². The molecule has 0 bridgehead atoms. The van der Waals surface area contributed by atoms with Crippen molar-refractivity contribution >= 4 is 17.9 Å². The van der Waals surface area contributed by atoms with Gasteiger partial charge >= 0.3 is 0 Å². The largest absolute Gasteiger partial charge is 0.352 e. The first kappa shape index (κ1) is 17.0. The van der Waals surface area contributed by atoms with E-state index in [9.17, 15) is 9.59 Å². The number of nitrogens with zero attached hydrogens (tertiary/aromatic N) is 3. The summed E-state index contributed by atoms with van der Waals surface area (Å²) >= 11 is 0. The van der Waals surface area contributed by atoms with Crippen LogP contribution in [0, 0.1) is 0 Å². The fourth-order valence-electron chi connectivity index (χ4n) is 3.18. The molecule has 3 rings (SSSR count). The van der Waals surface area contributed by atoms with Gasteiger partial charge in [0.2, 0.25) is 11.8 Å². The maximum Gasteiger partial charge on any atom is 0.223 e. The zero-order chi connectivity index (χ0) is 17.8. The van der Waals surface area contributed by atoms with E-state index in [4.69, 9.17) is 0 Å². The van der Waals surface area contributed by atoms with Crippen molar-refractivity contribution in [1.29, 1.82) is 0 Å². The fraction of sp³-hybridized carbons (Fsp3) is 0.316. The molecule has 0 spiro atoms. The van der Waals surface area contributed by atoms with Crippen LogP contribution < -0.4 is 5.32 Å². The van der Waals surface area contributed by atoms with Crippen LogP contribution in [0.3, 0.4) is 0 Å². The van der Waals surface area contributed by atoms with Crippen LogP contribution in [0.4, 0.5) is 0 Å². The number of fused-ring (bicyclic) bond motifs is 1. The van der Waals surface area contributed by atoms with Crippen molar-refractivity contribution in [2.45, 2.75) is 38.9 Å². The van der Waals surface area contributed by atoms with Crippen molar-refractivity contribution in [3.63, 3.8) is 0 Å². The normalized spacial score (nSPS) is 17.0. The van der Waals surface area contributed by atoms with E-state index in [1.165, 1.54) is 6.92 Å². The Morgan fingerprint density at radius 3 is 2.84 bits per heavy atom. The van der Waals surface area contributed by atoms with Gasteiger partial charge in [-0.05, 0) is 24.1 Å². The molecule has 0 saturated heterocycles. The summed E-state index contributed by atoms with van der Waals surface area (Å²) in [6.07, 6.45) is 9.20. The highest BCUT2D eigenvalue weighted by atomic mass is 16.2. The highest BCUT2D eigenvalue weighted by Gasteiger charge is 2.28. The second-order valence-electron chi connectivity index (χ2n) is 6.32. The van der Waals surface area contributed by atoms with E-state index in [-0.39, 0.29) is 30.3 Å². The zero-order valence-electron chi connectivity index (χ0n) is 14.4. The minimum atomic E-state index is -0.279. The molecular weight excluding hydrogens is 316 g/mol. The van der Waals surface area contributed by atoms with Gasteiger partial charge in [0.15, 0.2) is 0 Å². The van der Waals surface area contributed by atoms with Crippen molar-refractivity contribution in [3.05, 3.63) is 60.3 Å². The Morgan fingerprint density at radius 2 is 2.12 bits per heavy atom. The lowest BCUT2D eigenvalue weighted by Gasteiger charge is -2.32. The minimum absolute atomic E-state index is 0.0261. The number of aromatic nitrogens is 2. The van der Waals surface area contributed by atoms with E-state index in [0.717, 1.165) is 11.1 Å². The predicted molar refractivity (Wildman–Crippen MR) is 95.2 cm³/mol. The number of imidazole rings is 1. The van der Waals surface area contributed by atoms with E-state index in [1.807, 2.05) is 48.0 Å². The van der Waals surface area contributed by atoms with Crippen molar-refractivity contribution < 1.29 is 9.59 Å². The van der Waals surface area contributed by atoms with Gasteiger partial charge in [-0.3, -0.25) is 9.59 Å². The minimum Gasteiger partial charge on any atom is -0.352 e. The molecule has 2 aromatic rings. The molecule has 2 amide bonds. The molecule has 2 atom stereocenters. The van der Waals surface area contributed by atoms with E-state index >= 15 is 0 Å². The molecule has 1 aliphatic heterocycles. The fourth-order valence-corrected chi connectivity index (χ4v) is 3.18. The molecule has 130 valence electrons. The maximum atomic E-state index is 12.5. The molecule has 1 aromatic carbocycles. The smallest absolute Gasteiger partial charge is 0.223 e. The number of hydrogen-bond acceptors (Lipinski definition) is 3. The number of rotatable bonds is 5. The molecule has 0 fully saturated rings. The summed E-state index contributed by atoms with van der Waals surface area (Å²) in [5.74, 6) is -0.149. The third-order valence-corrected chi connectivity index (χ3v) is 4.30. The van der Waals surface area contributed by atoms with Gasteiger partial charge in [0, 0.05) is 38.1 Å². The van der Waals surface area contributed by atoms with Gasteiger partial charge in [-0.2, -0.15) is 0 Å². The van der Waals surface area contributed by atoms with E-state index in [0.29, 0.717) is 6.54 Å². The average molecular weight is 338 g/mol. The molecule has 1 aromatic heterocycles. The van der Waals surface area contributed by atoms with E-state index in [2.05, 4.69) is 10.3 Å². The molecular formula is C19H22N4O2. The van der Waals surface area contributed by atoms with Crippen LogP contribution in [0.25, 0.3) is 6.08 Å². The number of carbonyl (C=O) groups excluding carboxylic acids is 2. The van der Waals surface area contributed by atoms with Gasteiger partial charge in [0.05, 0.1) is 18.8 Å². The predicted octanol–water partition coefficient (Wildman–Crippen LogP) is 2.35. The summed E-state index contributed by atoms with van der Waals surface area (Å²) in [4.78, 5) is 30.1. The number of benzene rings is 1. The Balaban J connectivity index is 1.69. The number of hydrogen-bond donors (Lipinski definition) is 1. The van der Waals surface area contributed by atoms with Gasteiger partial charge in [-0.15, -0.1) is 0 Å². The highest BCUT2D eigenvalue weighted by Crippen LogP contribution is 2.32. The first-order valence-corrected chi connectivity index (χ1v) is 8.35. The Bertz CT molecular complexity index is 782. The van der Waals surface area contributed by atoms with Gasteiger partial charge in [-0.25, -0.2) is 4.98 Å². The Labute approximate surface area is 147 Å². The summed E-state index contributed by atoms with van der Waals surface area (Å²) in [5.41, 5.74) is 2.04. The second kappa shape index (κ2) is 7.34. The number of amides is 2. The first-order valence-electron chi connectivity index (χ1n) is 8.35. The quantitative estimate of drug-likeness (QED) is 0.910. The van der Waals surface area contributed by atoms with Crippen molar-refractivity contribution in [3.8, 4) is 0 Å². The van der Waals surface area contributed by atoms with Crippen molar-refractivity contribution in [2.75, 3.05) is 0 Å². The Morgan fingerprint density at radius 1 is 1.32 bits per heavy atom. The summed E-state index contributed by atoms with van der Waals surface area (Å²) in [7, 11) is 0. The van der Waals surface area contributed by atoms with Crippen molar-refractivity contribution in [1.82, 2.24) is 19.8 Å². The molecule has 0 unspecified atom stereocenters. The molecule has 25 heavy (non-hydrogen) atoms. The number of nitrogens with one attached hydrogen (secondary N) is 1. The van der Waals surface area contributed by atoms with Crippen LogP contribution in [0.15, 0.2) is 49.2 Å². The lowest BCUT2D eigenvalue weighted by Crippen LogP contribution is -2.39. The monoisotopic (exact) mass is 338 g/mol. The average Bonchev–Trinajstić information content (AvgIpc) is 3.07. The zero-order valence-corrected chi connectivity index (χ0v) is 14.4. The molecule has 6 nitrogen and oxygen atoms in total. The lowest BCUT2D eigenvalue weighted by atomic mass is 9.93. The van der Waals surface area contributed by atoms with Crippen LogP contribution in [0.5, 0.6) is 0 Å². The van der Waals surface area contributed by atoms with Gasteiger partial charge in [-0.1, -0.05) is 24.3 Å². The van der Waals surface area contributed by atoms with Crippen LogP contribution in [0.1, 0.15) is 37.4 Å². The lowest BCUT2D eigenvalue weighted by molar-refractivity contribution is -0.130. The SMILES string of the molecule is CC(=O)N1C=Cc2ccccc2[C@@H]1CC(=O)N[C@H](C)Cn1ccnc1. The summed E-state index contributed by atoms with van der Waals surface area (Å²) in [6, 6.07) is 7.55. The molecule has 1 N–H and O–H groups in total. The molecule has 0 radical (unpaired) electrons. The molecule has 1 aliphatic rings. The van der Waals surface area contributed by atoms with Gasteiger partial charge in [0.1, 0.15) is 0 Å². The van der Waals surface area contributed by atoms with E-state index in [1.54, 1.807) is 23.6 Å². The van der Waals surface area contributed by atoms with Crippen LogP contribution in [-0.2, 0) is 16.1 Å². The standard InChI is InChI=1S/C19H22N4O2/c1-14(12-22-10-8-20-13-22)21-19(25)11-18-17-6-4-3-5-16(17)7-9-23(18)15(2)24/h3-10,13-14,18H,11-12H2,1-2H3,(H,21,25)/t14-,18+/m1/s1. The van der Waals surface area contributed by atoms with Crippen LogP contribution in [0.2, 0.25) is 0 Å². The Kier molecular flexibility index (Phi) is 4.97. The van der Waals surface area contributed by atoms with Crippen LogP contribution in [-0.4, -0.2) is 32.3 Å². The summed E-state index contributed by atoms with van der Waals surface area (Å²) < 4.78 is 1.92. The highest BCUT2D eigenvalue weighted by molar-refractivity contribution is 5.81. The molecule has 2 heterocycles. The third kappa shape index (κ3) is 3.96. The third-order valence-electron chi connectivity index (χ3n) is 4.30.